The highest BCUT2D eigenvalue weighted by atomic mass is 32.2. The fraction of sp³-hybridized carbons (Fsp3) is 0.105. The van der Waals surface area contributed by atoms with Crippen molar-refractivity contribution in [3.05, 3.63) is 76.6 Å². The number of sulfone groups is 1. The molecule has 0 fully saturated rings. The Hall–Kier alpha value is -2.73. The lowest BCUT2D eigenvalue weighted by Gasteiger charge is -2.10. The average Bonchev–Trinajstić information content (AvgIpc) is 2.53. The summed E-state index contributed by atoms with van der Waals surface area (Å²) in [5.74, 6) is -0.0526. The predicted molar refractivity (Wildman–Crippen MR) is 93.7 cm³/mol. The summed E-state index contributed by atoms with van der Waals surface area (Å²) >= 11 is 0. The molecule has 2 aromatic carbocycles. The summed E-state index contributed by atoms with van der Waals surface area (Å²) in [6.45, 7) is 1.64. The third-order valence-electron chi connectivity index (χ3n) is 3.78. The number of aryl methyl sites for hydroxylation is 1. The van der Waals surface area contributed by atoms with Crippen molar-refractivity contribution < 1.29 is 17.2 Å². The van der Waals surface area contributed by atoms with E-state index in [9.17, 15) is 17.6 Å². The quantitative estimate of drug-likeness (QED) is 0.714. The van der Waals surface area contributed by atoms with Gasteiger partial charge in [0.15, 0.2) is 9.84 Å². The molecule has 0 amide bonds. The van der Waals surface area contributed by atoms with Crippen LogP contribution in [-0.4, -0.2) is 14.7 Å². The monoisotopic (exact) mass is 358 g/mol. The fourth-order valence-corrected chi connectivity index (χ4v) is 3.27. The number of benzene rings is 2. The van der Waals surface area contributed by atoms with Crippen LogP contribution in [0.15, 0.2) is 68.7 Å². The molecule has 0 radical (unpaired) electrons. The normalized spacial score (nSPS) is 11.5. The molecule has 0 saturated heterocycles. The molecule has 0 spiro atoms. The van der Waals surface area contributed by atoms with Crippen LogP contribution in [0.5, 0.6) is 0 Å². The molecule has 3 rings (SSSR count). The van der Waals surface area contributed by atoms with Crippen molar-refractivity contribution in [2.24, 2.45) is 0 Å². The lowest BCUT2D eigenvalue weighted by Crippen LogP contribution is -2.06. The Morgan fingerprint density at radius 3 is 2.24 bits per heavy atom. The Kier molecular flexibility index (Phi) is 4.30. The largest absolute Gasteiger partial charge is 0.428 e. The molecule has 1 heterocycles. The van der Waals surface area contributed by atoms with Gasteiger partial charge in [-0.15, -0.1) is 0 Å². The zero-order valence-corrected chi connectivity index (χ0v) is 14.4. The maximum Gasteiger partial charge on any atom is 0.344 e. The minimum atomic E-state index is -3.32. The van der Waals surface area contributed by atoms with Crippen molar-refractivity contribution in [3.8, 4) is 22.3 Å². The summed E-state index contributed by atoms with van der Waals surface area (Å²) in [4.78, 5) is 12.6. The molecule has 3 aromatic rings. The van der Waals surface area contributed by atoms with Crippen LogP contribution in [0.2, 0.25) is 0 Å². The molecular weight excluding hydrogens is 343 g/mol. The molecule has 6 heteroatoms. The Morgan fingerprint density at radius 2 is 1.64 bits per heavy atom. The maximum atomic E-state index is 13.6. The average molecular weight is 358 g/mol. The third kappa shape index (κ3) is 3.53. The van der Waals surface area contributed by atoms with Gasteiger partial charge in [0.2, 0.25) is 0 Å². The van der Waals surface area contributed by atoms with E-state index < -0.39 is 21.3 Å². The smallest absolute Gasteiger partial charge is 0.344 e. The van der Waals surface area contributed by atoms with Gasteiger partial charge in [-0.1, -0.05) is 24.3 Å². The Morgan fingerprint density at radius 1 is 0.960 bits per heavy atom. The van der Waals surface area contributed by atoms with Gasteiger partial charge in [0.1, 0.15) is 11.6 Å². The second kappa shape index (κ2) is 6.29. The molecule has 0 aliphatic heterocycles. The zero-order chi connectivity index (χ0) is 18.2. The van der Waals surface area contributed by atoms with Crippen LogP contribution in [0.1, 0.15) is 5.76 Å². The van der Waals surface area contributed by atoms with Crippen molar-refractivity contribution in [1.29, 1.82) is 0 Å². The highest BCUT2D eigenvalue weighted by Gasteiger charge is 2.16. The van der Waals surface area contributed by atoms with E-state index >= 15 is 0 Å². The van der Waals surface area contributed by atoms with Crippen LogP contribution in [0.3, 0.4) is 0 Å². The van der Waals surface area contributed by atoms with E-state index in [1.165, 1.54) is 30.3 Å². The van der Waals surface area contributed by atoms with Gasteiger partial charge >= 0.3 is 5.63 Å². The molecule has 25 heavy (non-hydrogen) atoms. The fourth-order valence-electron chi connectivity index (χ4n) is 2.64. The highest BCUT2D eigenvalue weighted by molar-refractivity contribution is 7.90. The van der Waals surface area contributed by atoms with Gasteiger partial charge in [-0.2, -0.15) is 0 Å². The van der Waals surface area contributed by atoms with Crippen LogP contribution >= 0.6 is 0 Å². The van der Waals surface area contributed by atoms with Gasteiger partial charge in [-0.05, 0) is 48.4 Å². The van der Waals surface area contributed by atoms with Gasteiger partial charge < -0.3 is 4.42 Å². The number of halogens is 1. The van der Waals surface area contributed by atoms with E-state index in [4.69, 9.17) is 4.42 Å². The molecule has 0 saturated carbocycles. The van der Waals surface area contributed by atoms with Gasteiger partial charge in [0.25, 0.3) is 0 Å². The SMILES string of the molecule is Cc1cc(-c2ccc(S(C)(=O)=O)cc2)c(-c2cccc(F)c2)c(=O)o1. The summed E-state index contributed by atoms with van der Waals surface area (Å²) < 4.78 is 42.0. The van der Waals surface area contributed by atoms with E-state index in [0.717, 1.165) is 6.26 Å². The molecule has 0 N–H and O–H groups in total. The summed E-state index contributed by atoms with van der Waals surface area (Å²) in [7, 11) is -3.32. The van der Waals surface area contributed by atoms with E-state index in [1.807, 2.05) is 0 Å². The van der Waals surface area contributed by atoms with Crippen molar-refractivity contribution in [3.63, 3.8) is 0 Å². The van der Waals surface area contributed by atoms with Crippen molar-refractivity contribution in [2.75, 3.05) is 6.26 Å². The van der Waals surface area contributed by atoms with E-state index in [1.54, 1.807) is 31.2 Å². The first-order valence-electron chi connectivity index (χ1n) is 7.47. The van der Waals surface area contributed by atoms with Crippen molar-refractivity contribution in [1.82, 2.24) is 0 Å². The Balaban J connectivity index is 2.24. The molecule has 0 bridgehead atoms. The first-order chi connectivity index (χ1) is 11.8. The van der Waals surface area contributed by atoms with Crippen LogP contribution in [0.25, 0.3) is 22.3 Å². The molecule has 1 aromatic heterocycles. The summed E-state index contributed by atoms with van der Waals surface area (Å²) in [6, 6.07) is 13.6. The third-order valence-corrected chi connectivity index (χ3v) is 4.91. The minimum Gasteiger partial charge on any atom is -0.428 e. The van der Waals surface area contributed by atoms with Crippen LogP contribution < -0.4 is 5.63 Å². The maximum absolute atomic E-state index is 13.6. The first-order valence-corrected chi connectivity index (χ1v) is 9.36. The van der Waals surface area contributed by atoms with E-state index in [0.29, 0.717) is 22.5 Å². The van der Waals surface area contributed by atoms with Gasteiger partial charge in [-0.25, -0.2) is 17.6 Å². The summed E-state index contributed by atoms with van der Waals surface area (Å²) in [6.07, 6.45) is 1.13. The Bertz CT molecular complexity index is 1100. The number of hydrogen-bond acceptors (Lipinski definition) is 4. The molecular formula is C19H15FO4S. The standard InChI is InChI=1S/C19H15FO4S/c1-12-10-17(13-6-8-16(9-7-13)25(2,22)23)18(19(21)24-12)14-4-3-5-15(20)11-14/h3-11H,1-2H3. The first kappa shape index (κ1) is 17.1. The Labute approximate surface area is 144 Å². The lowest BCUT2D eigenvalue weighted by atomic mass is 9.96. The van der Waals surface area contributed by atoms with Crippen LogP contribution in [0.4, 0.5) is 4.39 Å². The van der Waals surface area contributed by atoms with Crippen molar-refractivity contribution >= 4 is 9.84 Å². The second-order valence-electron chi connectivity index (χ2n) is 5.74. The predicted octanol–water partition coefficient (Wildman–Crippen LogP) is 3.82. The highest BCUT2D eigenvalue weighted by Crippen LogP contribution is 2.31. The molecule has 0 unspecified atom stereocenters. The molecule has 128 valence electrons. The van der Waals surface area contributed by atoms with Crippen molar-refractivity contribution in [2.45, 2.75) is 11.8 Å². The van der Waals surface area contributed by atoms with Crippen LogP contribution in [0, 0.1) is 12.7 Å². The number of rotatable bonds is 3. The van der Waals surface area contributed by atoms with Gasteiger partial charge in [-0.3, -0.25) is 0 Å². The van der Waals surface area contributed by atoms with Gasteiger partial charge in [0.05, 0.1) is 10.5 Å². The topological polar surface area (TPSA) is 64.3 Å². The zero-order valence-electron chi connectivity index (χ0n) is 13.6. The van der Waals surface area contributed by atoms with Crippen LogP contribution in [-0.2, 0) is 9.84 Å². The minimum absolute atomic E-state index is 0.184. The summed E-state index contributed by atoms with van der Waals surface area (Å²) in [5.41, 5.74) is 1.25. The molecule has 0 aliphatic rings. The summed E-state index contributed by atoms with van der Waals surface area (Å²) in [5, 5.41) is 0. The van der Waals surface area contributed by atoms with E-state index in [-0.39, 0.29) is 10.5 Å². The molecule has 0 atom stereocenters. The van der Waals surface area contributed by atoms with E-state index in [2.05, 4.69) is 0 Å². The molecule has 4 nitrogen and oxygen atoms in total. The second-order valence-corrected chi connectivity index (χ2v) is 7.76. The van der Waals surface area contributed by atoms with Gasteiger partial charge in [0, 0.05) is 11.8 Å². The molecule has 0 aliphatic carbocycles. The lowest BCUT2D eigenvalue weighted by molar-refractivity contribution is 0.483. The number of hydrogen-bond donors (Lipinski definition) is 0.